The van der Waals surface area contributed by atoms with E-state index < -0.39 is 6.61 Å². The maximum absolute atomic E-state index is 11.9. The lowest BCUT2D eigenvalue weighted by Gasteiger charge is -2.08. The van der Waals surface area contributed by atoms with Crippen LogP contribution in [-0.2, 0) is 0 Å². The SMILES string of the molecule is [CH2]c1cc(OCC)cc(OC(F)F)c1. The molecule has 0 saturated carbocycles. The van der Waals surface area contributed by atoms with Crippen LogP contribution < -0.4 is 9.47 Å². The summed E-state index contributed by atoms with van der Waals surface area (Å²) in [7, 11) is 0. The van der Waals surface area contributed by atoms with Crippen molar-refractivity contribution in [2.24, 2.45) is 0 Å². The summed E-state index contributed by atoms with van der Waals surface area (Å²) in [6, 6.07) is 4.49. The van der Waals surface area contributed by atoms with Gasteiger partial charge in [0.25, 0.3) is 0 Å². The quantitative estimate of drug-likeness (QED) is 0.745. The van der Waals surface area contributed by atoms with Crippen LogP contribution in [0.4, 0.5) is 8.78 Å². The van der Waals surface area contributed by atoms with E-state index in [4.69, 9.17) is 4.74 Å². The van der Waals surface area contributed by atoms with Crippen LogP contribution in [0.3, 0.4) is 0 Å². The summed E-state index contributed by atoms with van der Waals surface area (Å²) >= 11 is 0. The predicted octanol–water partition coefficient (Wildman–Crippen LogP) is 2.87. The molecule has 1 aromatic rings. The highest BCUT2D eigenvalue weighted by Crippen LogP contribution is 2.23. The van der Waals surface area contributed by atoms with E-state index in [2.05, 4.69) is 11.7 Å². The fraction of sp³-hybridized carbons (Fsp3) is 0.300. The lowest BCUT2D eigenvalue weighted by Crippen LogP contribution is -2.02. The predicted molar refractivity (Wildman–Crippen MR) is 48.7 cm³/mol. The maximum atomic E-state index is 11.9. The Morgan fingerprint density at radius 1 is 1.29 bits per heavy atom. The van der Waals surface area contributed by atoms with Gasteiger partial charge >= 0.3 is 6.61 Å². The van der Waals surface area contributed by atoms with E-state index in [0.717, 1.165) is 0 Å². The van der Waals surface area contributed by atoms with E-state index in [1.165, 1.54) is 12.1 Å². The lowest BCUT2D eigenvalue weighted by atomic mass is 10.2. The Kier molecular flexibility index (Phi) is 3.68. The van der Waals surface area contributed by atoms with Gasteiger partial charge in [-0.15, -0.1) is 0 Å². The summed E-state index contributed by atoms with van der Waals surface area (Å²) in [5.41, 5.74) is 0.576. The Bertz CT molecular complexity index is 300. The molecule has 0 bridgehead atoms. The molecule has 0 aliphatic carbocycles. The molecular formula is C10H11F2O2. The normalized spacial score (nSPS) is 10.4. The monoisotopic (exact) mass is 201 g/mol. The molecule has 0 fully saturated rings. The molecule has 0 amide bonds. The van der Waals surface area contributed by atoms with Crippen LogP contribution >= 0.6 is 0 Å². The molecule has 0 aromatic heterocycles. The third-order valence-corrected chi connectivity index (χ3v) is 1.48. The minimum Gasteiger partial charge on any atom is -0.494 e. The zero-order valence-corrected chi connectivity index (χ0v) is 7.80. The van der Waals surface area contributed by atoms with Crippen molar-refractivity contribution in [3.05, 3.63) is 30.7 Å². The third-order valence-electron chi connectivity index (χ3n) is 1.48. The Hall–Kier alpha value is -1.32. The number of rotatable bonds is 4. The number of benzene rings is 1. The first-order valence-corrected chi connectivity index (χ1v) is 4.16. The van der Waals surface area contributed by atoms with Crippen LogP contribution in [0, 0.1) is 6.92 Å². The van der Waals surface area contributed by atoms with Gasteiger partial charge in [0.1, 0.15) is 11.5 Å². The molecule has 0 saturated heterocycles. The van der Waals surface area contributed by atoms with Gasteiger partial charge in [-0.05, 0) is 31.5 Å². The molecule has 0 unspecified atom stereocenters. The largest absolute Gasteiger partial charge is 0.494 e. The van der Waals surface area contributed by atoms with Crippen LogP contribution in [-0.4, -0.2) is 13.2 Å². The third kappa shape index (κ3) is 3.20. The number of hydrogen-bond acceptors (Lipinski definition) is 2. The molecule has 1 aromatic carbocycles. The van der Waals surface area contributed by atoms with Crippen LogP contribution in [0.1, 0.15) is 12.5 Å². The van der Waals surface area contributed by atoms with Crippen molar-refractivity contribution in [3.8, 4) is 11.5 Å². The summed E-state index contributed by atoms with van der Waals surface area (Å²) in [6.07, 6.45) is 0. The highest BCUT2D eigenvalue weighted by atomic mass is 19.3. The highest BCUT2D eigenvalue weighted by molar-refractivity contribution is 5.39. The number of alkyl halides is 2. The zero-order chi connectivity index (χ0) is 10.6. The van der Waals surface area contributed by atoms with Gasteiger partial charge in [0, 0.05) is 6.07 Å². The highest BCUT2D eigenvalue weighted by Gasteiger charge is 2.06. The summed E-state index contributed by atoms with van der Waals surface area (Å²) < 4.78 is 33.1. The van der Waals surface area contributed by atoms with Crippen LogP contribution in [0.15, 0.2) is 18.2 Å². The molecule has 0 heterocycles. The van der Waals surface area contributed by atoms with Gasteiger partial charge in [-0.2, -0.15) is 8.78 Å². The Morgan fingerprint density at radius 2 is 1.93 bits per heavy atom. The van der Waals surface area contributed by atoms with E-state index >= 15 is 0 Å². The van der Waals surface area contributed by atoms with Crippen LogP contribution in [0.2, 0.25) is 0 Å². The smallest absolute Gasteiger partial charge is 0.387 e. The molecule has 2 nitrogen and oxygen atoms in total. The molecule has 0 atom stereocenters. The van der Waals surface area contributed by atoms with E-state index in [0.29, 0.717) is 17.9 Å². The van der Waals surface area contributed by atoms with Gasteiger partial charge in [0.05, 0.1) is 6.61 Å². The van der Waals surface area contributed by atoms with Gasteiger partial charge in [0.15, 0.2) is 0 Å². The first-order chi connectivity index (χ1) is 6.61. The Morgan fingerprint density at radius 3 is 2.50 bits per heavy atom. The molecule has 14 heavy (non-hydrogen) atoms. The molecular weight excluding hydrogens is 190 g/mol. The Balaban J connectivity index is 2.83. The van der Waals surface area contributed by atoms with E-state index in [1.54, 1.807) is 6.07 Å². The van der Waals surface area contributed by atoms with Crippen molar-refractivity contribution in [1.29, 1.82) is 0 Å². The van der Waals surface area contributed by atoms with Crippen molar-refractivity contribution < 1.29 is 18.3 Å². The molecule has 77 valence electrons. The first-order valence-electron chi connectivity index (χ1n) is 4.16. The molecule has 0 aliphatic rings. The number of halogens is 2. The fourth-order valence-corrected chi connectivity index (χ4v) is 1.05. The second kappa shape index (κ2) is 4.79. The van der Waals surface area contributed by atoms with E-state index in [9.17, 15) is 8.78 Å². The molecule has 0 aliphatic heterocycles. The van der Waals surface area contributed by atoms with Gasteiger partial charge in [-0.25, -0.2) is 0 Å². The summed E-state index contributed by atoms with van der Waals surface area (Å²) in [4.78, 5) is 0. The minimum atomic E-state index is -2.83. The van der Waals surface area contributed by atoms with Gasteiger partial charge in [-0.3, -0.25) is 0 Å². The second-order valence-corrected chi connectivity index (χ2v) is 2.62. The minimum absolute atomic E-state index is 0.0657. The standard InChI is InChI=1S/C10H11F2O2/c1-3-13-8-4-7(2)5-9(6-8)14-10(11)12/h4-6,10H,2-3H2,1H3. The van der Waals surface area contributed by atoms with Crippen molar-refractivity contribution in [2.45, 2.75) is 13.5 Å². The van der Waals surface area contributed by atoms with E-state index in [-0.39, 0.29) is 5.75 Å². The lowest BCUT2D eigenvalue weighted by molar-refractivity contribution is -0.0499. The van der Waals surface area contributed by atoms with E-state index in [1.807, 2.05) is 6.92 Å². The maximum Gasteiger partial charge on any atom is 0.387 e. The second-order valence-electron chi connectivity index (χ2n) is 2.62. The van der Waals surface area contributed by atoms with Crippen molar-refractivity contribution in [1.82, 2.24) is 0 Å². The summed E-state index contributed by atoms with van der Waals surface area (Å²) in [6.45, 7) is 3.08. The average molecular weight is 201 g/mol. The summed E-state index contributed by atoms with van der Waals surface area (Å²) in [5, 5.41) is 0. The number of ether oxygens (including phenoxy) is 2. The Labute approximate surface area is 81.4 Å². The van der Waals surface area contributed by atoms with Crippen LogP contribution in [0.25, 0.3) is 0 Å². The molecule has 0 N–H and O–H groups in total. The first kappa shape index (κ1) is 10.8. The summed E-state index contributed by atoms with van der Waals surface area (Å²) in [5.74, 6) is 0.548. The van der Waals surface area contributed by atoms with Crippen molar-refractivity contribution in [2.75, 3.05) is 6.61 Å². The molecule has 1 rings (SSSR count). The van der Waals surface area contributed by atoms with Crippen LogP contribution in [0.5, 0.6) is 11.5 Å². The van der Waals surface area contributed by atoms with Gasteiger partial charge in [0.2, 0.25) is 0 Å². The average Bonchev–Trinajstić information content (AvgIpc) is 2.01. The molecule has 0 spiro atoms. The van der Waals surface area contributed by atoms with Gasteiger partial charge in [-0.1, -0.05) is 0 Å². The van der Waals surface area contributed by atoms with Crippen molar-refractivity contribution >= 4 is 0 Å². The topological polar surface area (TPSA) is 18.5 Å². The van der Waals surface area contributed by atoms with Gasteiger partial charge < -0.3 is 9.47 Å². The molecule has 1 radical (unpaired) electrons. The molecule has 4 heteroatoms. The van der Waals surface area contributed by atoms with Crippen molar-refractivity contribution in [3.63, 3.8) is 0 Å². The zero-order valence-electron chi connectivity index (χ0n) is 7.80. The fourth-order valence-electron chi connectivity index (χ4n) is 1.05. The number of hydrogen-bond donors (Lipinski definition) is 0.